The van der Waals surface area contributed by atoms with Gasteiger partial charge in [-0.15, -0.1) is 0 Å². The number of aromatic nitrogens is 2. The number of anilines is 1. The topological polar surface area (TPSA) is 56.1 Å². The lowest BCUT2D eigenvalue weighted by Crippen LogP contribution is -2.12. The van der Waals surface area contributed by atoms with Gasteiger partial charge < -0.3 is 10.1 Å². The van der Waals surface area contributed by atoms with Crippen LogP contribution in [0.5, 0.6) is 5.75 Å². The quantitative estimate of drug-likeness (QED) is 0.782. The van der Waals surface area contributed by atoms with Crippen molar-refractivity contribution in [1.82, 2.24) is 9.78 Å². The van der Waals surface area contributed by atoms with Crippen LogP contribution in [0, 0.1) is 6.92 Å². The van der Waals surface area contributed by atoms with Crippen LogP contribution in [0.3, 0.4) is 0 Å². The average Bonchev–Trinajstić information content (AvgIpc) is 3.02. The third kappa shape index (κ3) is 3.81. The number of hydrogen-bond acceptors (Lipinski definition) is 3. The molecule has 0 spiro atoms. The van der Waals surface area contributed by atoms with E-state index in [1.807, 2.05) is 55.5 Å². The Morgan fingerprint density at radius 1 is 1.21 bits per heavy atom. The Hall–Kier alpha value is -3.08. The molecule has 1 amide bonds. The zero-order chi connectivity index (χ0) is 16.9. The van der Waals surface area contributed by atoms with E-state index in [-0.39, 0.29) is 5.91 Å². The van der Waals surface area contributed by atoms with E-state index in [1.165, 1.54) is 6.20 Å². The maximum atomic E-state index is 12.3. The van der Waals surface area contributed by atoms with Crippen molar-refractivity contribution in [2.45, 2.75) is 13.5 Å². The van der Waals surface area contributed by atoms with Gasteiger partial charge in [-0.3, -0.25) is 9.48 Å². The number of nitrogens with zero attached hydrogens (tertiary/aromatic N) is 2. The summed E-state index contributed by atoms with van der Waals surface area (Å²) in [5.41, 5.74) is 3.28. The summed E-state index contributed by atoms with van der Waals surface area (Å²) in [7, 11) is 1.78. The van der Waals surface area contributed by atoms with Gasteiger partial charge in [-0.2, -0.15) is 5.10 Å². The molecule has 5 nitrogen and oxygen atoms in total. The number of aryl methyl sites for hydroxylation is 2. The Balaban J connectivity index is 1.76. The first-order chi connectivity index (χ1) is 11.6. The molecule has 0 radical (unpaired) electrons. The summed E-state index contributed by atoms with van der Waals surface area (Å²) in [4.78, 5) is 12.3. The fourth-order valence-corrected chi connectivity index (χ4v) is 2.34. The first kappa shape index (κ1) is 15.8. The summed E-state index contributed by atoms with van der Waals surface area (Å²) < 4.78 is 7.48. The molecule has 0 aliphatic rings. The zero-order valence-corrected chi connectivity index (χ0v) is 13.7. The minimum atomic E-state index is -0.210. The van der Waals surface area contributed by atoms with Crippen molar-refractivity contribution >= 4 is 11.6 Å². The normalized spacial score (nSPS) is 10.4. The minimum Gasteiger partial charge on any atom is -0.487 e. The predicted octanol–water partition coefficient (Wildman–Crippen LogP) is 3.56. The summed E-state index contributed by atoms with van der Waals surface area (Å²) in [6.07, 6.45) is 3.21. The van der Waals surface area contributed by atoms with Crippen LogP contribution >= 0.6 is 0 Å². The van der Waals surface area contributed by atoms with E-state index >= 15 is 0 Å². The minimum absolute atomic E-state index is 0.210. The van der Waals surface area contributed by atoms with Gasteiger partial charge >= 0.3 is 0 Å². The molecule has 122 valence electrons. The summed E-state index contributed by atoms with van der Waals surface area (Å²) in [5, 5.41) is 6.92. The number of amides is 1. The monoisotopic (exact) mass is 321 g/mol. The van der Waals surface area contributed by atoms with Crippen LogP contribution in [0.2, 0.25) is 0 Å². The molecular formula is C19H19N3O2. The van der Waals surface area contributed by atoms with E-state index in [1.54, 1.807) is 17.9 Å². The Labute approximate surface area is 140 Å². The lowest BCUT2D eigenvalue weighted by molar-refractivity contribution is 0.102. The van der Waals surface area contributed by atoms with Crippen LogP contribution in [-0.2, 0) is 13.7 Å². The molecule has 2 aromatic carbocycles. The van der Waals surface area contributed by atoms with Gasteiger partial charge in [0, 0.05) is 13.2 Å². The predicted molar refractivity (Wildman–Crippen MR) is 93.1 cm³/mol. The van der Waals surface area contributed by atoms with E-state index in [2.05, 4.69) is 10.4 Å². The molecule has 24 heavy (non-hydrogen) atoms. The van der Waals surface area contributed by atoms with Crippen molar-refractivity contribution in [3.63, 3.8) is 0 Å². The van der Waals surface area contributed by atoms with E-state index < -0.39 is 0 Å². The Morgan fingerprint density at radius 2 is 2.00 bits per heavy atom. The number of carbonyl (C=O) groups is 1. The lowest BCUT2D eigenvalue weighted by atomic mass is 10.2. The number of rotatable bonds is 5. The highest BCUT2D eigenvalue weighted by Crippen LogP contribution is 2.27. The molecule has 5 heteroatoms. The zero-order valence-electron chi connectivity index (χ0n) is 13.7. The maximum absolute atomic E-state index is 12.3. The van der Waals surface area contributed by atoms with Gasteiger partial charge in [0.2, 0.25) is 0 Å². The second-order valence-corrected chi connectivity index (χ2v) is 5.63. The van der Waals surface area contributed by atoms with Crippen molar-refractivity contribution in [2.75, 3.05) is 5.32 Å². The van der Waals surface area contributed by atoms with Gasteiger partial charge in [0.05, 0.1) is 17.4 Å². The van der Waals surface area contributed by atoms with Crippen LogP contribution in [0.4, 0.5) is 5.69 Å². The molecule has 0 atom stereocenters. The molecule has 0 aliphatic carbocycles. The summed E-state index contributed by atoms with van der Waals surface area (Å²) in [6.45, 7) is 2.42. The van der Waals surface area contributed by atoms with Crippen LogP contribution in [0.25, 0.3) is 0 Å². The fraction of sp³-hybridized carbons (Fsp3) is 0.158. The molecule has 0 fully saturated rings. The summed E-state index contributed by atoms with van der Waals surface area (Å²) >= 11 is 0. The van der Waals surface area contributed by atoms with Crippen molar-refractivity contribution in [3.8, 4) is 5.75 Å². The van der Waals surface area contributed by atoms with Gasteiger partial charge in [0.25, 0.3) is 5.91 Å². The van der Waals surface area contributed by atoms with Gasteiger partial charge in [0.1, 0.15) is 12.4 Å². The number of hydrogen-bond donors (Lipinski definition) is 1. The highest BCUT2D eigenvalue weighted by atomic mass is 16.5. The number of nitrogens with one attached hydrogen (secondary N) is 1. The van der Waals surface area contributed by atoms with E-state index in [4.69, 9.17) is 4.74 Å². The Bertz CT molecular complexity index is 841. The largest absolute Gasteiger partial charge is 0.487 e. The van der Waals surface area contributed by atoms with Crippen LogP contribution in [0.1, 0.15) is 21.5 Å². The smallest absolute Gasteiger partial charge is 0.258 e. The fourth-order valence-electron chi connectivity index (χ4n) is 2.34. The second kappa shape index (κ2) is 7.00. The summed E-state index contributed by atoms with van der Waals surface area (Å²) in [5.74, 6) is 0.431. The van der Waals surface area contributed by atoms with Crippen molar-refractivity contribution in [1.29, 1.82) is 0 Å². The molecule has 0 saturated carbocycles. The Morgan fingerprint density at radius 3 is 2.71 bits per heavy atom. The number of carbonyl (C=O) groups excluding carboxylic acids is 1. The standard InChI is InChI=1S/C19H19N3O2/c1-14-8-9-18(24-13-15-6-4-3-5-7-15)17(10-14)21-19(23)16-11-20-22(2)12-16/h3-12H,13H2,1-2H3,(H,21,23). The molecule has 3 aromatic rings. The van der Waals surface area contributed by atoms with Crippen LogP contribution in [0.15, 0.2) is 60.9 Å². The molecule has 3 rings (SSSR count). The summed E-state index contributed by atoms with van der Waals surface area (Å²) in [6, 6.07) is 15.6. The molecule has 0 unspecified atom stereocenters. The van der Waals surface area contributed by atoms with E-state index in [0.717, 1.165) is 11.1 Å². The molecule has 0 aliphatic heterocycles. The van der Waals surface area contributed by atoms with Gasteiger partial charge in [0.15, 0.2) is 0 Å². The van der Waals surface area contributed by atoms with Crippen molar-refractivity contribution in [2.24, 2.45) is 7.05 Å². The van der Waals surface area contributed by atoms with Crippen molar-refractivity contribution < 1.29 is 9.53 Å². The van der Waals surface area contributed by atoms with Gasteiger partial charge in [-0.1, -0.05) is 36.4 Å². The molecule has 1 N–H and O–H groups in total. The number of benzene rings is 2. The SMILES string of the molecule is Cc1ccc(OCc2ccccc2)c(NC(=O)c2cnn(C)c2)c1. The second-order valence-electron chi connectivity index (χ2n) is 5.63. The first-order valence-corrected chi connectivity index (χ1v) is 7.69. The molecule has 1 aromatic heterocycles. The highest BCUT2D eigenvalue weighted by Gasteiger charge is 2.12. The van der Waals surface area contributed by atoms with E-state index in [0.29, 0.717) is 23.6 Å². The lowest BCUT2D eigenvalue weighted by Gasteiger charge is -2.13. The molecule has 0 saturated heterocycles. The van der Waals surface area contributed by atoms with Crippen LogP contribution < -0.4 is 10.1 Å². The average molecular weight is 321 g/mol. The maximum Gasteiger partial charge on any atom is 0.258 e. The third-order valence-electron chi connectivity index (χ3n) is 3.59. The van der Waals surface area contributed by atoms with Crippen molar-refractivity contribution in [3.05, 3.63) is 77.6 Å². The molecular weight excluding hydrogens is 302 g/mol. The van der Waals surface area contributed by atoms with E-state index in [9.17, 15) is 4.79 Å². The molecule has 0 bridgehead atoms. The van der Waals surface area contributed by atoms with Crippen LogP contribution in [-0.4, -0.2) is 15.7 Å². The highest BCUT2D eigenvalue weighted by molar-refractivity contribution is 6.04. The first-order valence-electron chi connectivity index (χ1n) is 7.69. The van der Waals surface area contributed by atoms with Gasteiger partial charge in [-0.05, 0) is 30.2 Å². The Kier molecular flexibility index (Phi) is 4.61. The molecule has 1 heterocycles. The third-order valence-corrected chi connectivity index (χ3v) is 3.59. The number of ether oxygens (including phenoxy) is 1. The van der Waals surface area contributed by atoms with Gasteiger partial charge in [-0.25, -0.2) is 0 Å².